The number of aliphatic hydroxyl groups excluding tert-OH is 1. The van der Waals surface area contributed by atoms with Gasteiger partial charge in [-0.2, -0.15) is 0 Å². The molecular weight excluding hydrogens is 228 g/mol. The van der Waals surface area contributed by atoms with Gasteiger partial charge in [-0.3, -0.25) is 0 Å². The van der Waals surface area contributed by atoms with Crippen molar-refractivity contribution >= 4 is 12.0 Å². The van der Waals surface area contributed by atoms with E-state index in [-0.39, 0.29) is 13.1 Å². The second kappa shape index (κ2) is 5.90. The number of carbonyl (C=O) groups is 2. The van der Waals surface area contributed by atoms with Crippen LogP contribution in [0, 0.1) is 6.92 Å². The van der Waals surface area contributed by atoms with Crippen LogP contribution in [0.1, 0.15) is 11.5 Å². The zero-order valence-corrected chi connectivity index (χ0v) is 9.27. The molecule has 0 spiro atoms. The summed E-state index contributed by atoms with van der Waals surface area (Å²) in [6.45, 7) is 1.63. The summed E-state index contributed by atoms with van der Waals surface area (Å²) in [6, 6.07) is 2.92. The Morgan fingerprint density at radius 1 is 1.41 bits per heavy atom. The van der Waals surface area contributed by atoms with Crippen molar-refractivity contribution in [3.63, 3.8) is 0 Å². The van der Waals surface area contributed by atoms with E-state index in [1.807, 2.05) is 0 Å². The van der Waals surface area contributed by atoms with Crippen LogP contribution in [0.15, 0.2) is 16.5 Å². The second-order valence-corrected chi connectivity index (χ2v) is 3.43. The Balaban J connectivity index is 2.24. The molecule has 0 aliphatic heterocycles. The Hall–Kier alpha value is -2.02. The molecule has 0 saturated carbocycles. The van der Waals surface area contributed by atoms with Crippen molar-refractivity contribution in [1.29, 1.82) is 0 Å². The maximum absolute atomic E-state index is 11.2. The van der Waals surface area contributed by atoms with Gasteiger partial charge in [-0.1, -0.05) is 0 Å². The van der Waals surface area contributed by atoms with Gasteiger partial charge < -0.3 is 25.3 Å². The van der Waals surface area contributed by atoms with E-state index in [1.54, 1.807) is 19.1 Å². The summed E-state index contributed by atoms with van der Waals surface area (Å²) in [5.74, 6) is -0.0492. The number of hydrogen-bond donors (Lipinski definition) is 4. The van der Waals surface area contributed by atoms with Gasteiger partial charge in [0.1, 0.15) is 11.5 Å². The van der Waals surface area contributed by atoms with Crippen molar-refractivity contribution in [2.45, 2.75) is 19.6 Å². The van der Waals surface area contributed by atoms with Crippen molar-refractivity contribution < 1.29 is 24.2 Å². The molecule has 17 heavy (non-hydrogen) atoms. The number of aryl methyl sites for hydroxylation is 1. The number of aliphatic carboxylic acids is 1. The minimum absolute atomic E-state index is 0.197. The van der Waals surface area contributed by atoms with Crippen LogP contribution in [0.2, 0.25) is 0 Å². The van der Waals surface area contributed by atoms with E-state index in [0.717, 1.165) is 5.76 Å². The quantitative estimate of drug-likeness (QED) is 0.573. The number of carbonyl (C=O) groups excluding carboxylic acids is 1. The fourth-order valence-electron chi connectivity index (χ4n) is 1.09. The number of aliphatic hydroxyl groups is 1. The van der Waals surface area contributed by atoms with Gasteiger partial charge in [-0.25, -0.2) is 9.59 Å². The maximum Gasteiger partial charge on any atom is 0.334 e. The first kappa shape index (κ1) is 13.0. The molecule has 0 bridgehead atoms. The molecule has 2 amide bonds. The average Bonchev–Trinajstić information content (AvgIpc) is 2.69. The van der Waals surface area contributed by atoms with Gasteiger partial charge in [0.15, 0.2) is 6.10 Å². The molecule has 0 unspecified atom stereocenters. The molecule has 1 heterocycles. The van der Waals surface area contributed by atoms with E-state index in [4.69, 9.17) is 14.6 Å². The molecule has 1 aromatic rings. The van der Waals surface area contributed by atoms with E-state index in [2.05, 4.69) is 10.6 Å². The van der Waals surface area contributed by atoms with Crippen LogP contribution in [0.4, 0.5) is 4.79 Å². The van der Waals surface area contributed by atoms with Crippen molar-refractivity contribution in [2.75, 3.05) is 6.54 Å². The molecule has 0 aliphatic carbocycles. The number of carboxylic acid groups (broad SMARTS) is 1. The molecule has 0 fully saturated rings. The predicted molar refractivity (Wildman–Crippen MR) is 57.3 cm³/mol. The van der Waals surface area contributed by atoms with Crippen LogP contribution in [-0.2, 0) is 11.3 Å². The van der Waals surface area contributed by atoms with Crippen LogP contribution in [0.5, 0.6) is 0 Å². The highest BCUT2D eigenvalue weighted by Crippen LogP contribution is 2.04. The van der Waals surface area contributed by atoms with Crippen LogP contribution < -0.4 is 10.6 Å². The number of hydrogen-bond acceptors (Lipinski definition) is 4. The fraction of sp³-hybridized carbons (Fsp3) is 0.400. The molecule has 4 N–H and O–H groups in total. The summed E-state index contributed by atoms with van der Waals surface area (Å²) in [5, 5.41) is 21.9. The van der Waals surface area contributed by atoms with Crippen LogP contribution in [0.3, 0.4) is 0 Å². The molecule has 1 atom stereocenters. The second-order valence-electron chi connectivity index (χ2n) is 3.43. The number of furan rings is 1. The molecule has 7 nitrogen and oxygen atoms in total. The number of rotatable bonds is 5. The first-order valence-electron chi connectivity index (χ1n) is 4.97. The summed E-state index contributed by atoms with van der Waals surface area (Å²) in [6.07, 6.45) is -1.60. The SMILES string of the molecule is Cc1ccc(CNC(=O)NC[C@H](O)C(=O)O)o1. The third-order valence-corrected chi connectivity index (χ3v) is 1.96. The van der Waals surface area contributed by atoms with Gasteiger partial charge in [0.05, 0.1) is 13.1 Å². The average molecular weight is 242 g/mol. The first-order chi connectivity index (χ1) is 7.99. The topological polar surface area (TPSA) is 112 Å². The lowest BCUT2D eigenvalue weighted by Gasteiger charge is -2.08. The standard InChI is InChI=1S/C10H14N2O5/c1-6-2-3-7(17-6)4-11-10(16)12-5-8(13)9(14)15/h2-3,8,13H,4-5H2,1H3,(H,14,15)(H2,11,12,16)/t8-/m0/s1. The van der Waals surface area contributed by atoms with Crippen LogP contribution >= 0.6 is 0 Å². The van der Waals surface area contributed by atoms with E-state index in [0.29, 0.717) is 5.76 Å². The van der Waals surface area contributed by atoms with E-state index in [9.17, 15) is 9.59 Å². The fourth-order valence-corrected chi connectivity index (χ4v) is 1.09. The zero-order valence-electron chi connectivity index (χ0n) is 9.27. The lowest BCUT2D eigenvalue weighted by molar-refractivity contribution is -0.146. The van der Waals surface area contributed by atoms with Gasteiger partial charge in [-0.15, -0.1) is 0 Å². The molecule has 0 aliphatic rings. The third-order valence-electron chi connectivity index (χ3n) is 1.96. The molecule has 1 rings (SSSR count). The van der Waals surface area contributed by atoms with Gasteiger partial charge in [0, 0.05) is 0 Å². The summed E-state index contributed by atoms with van der Waals surface area (Å²) in [7, 11) is 0. The third kappa shape index (κ3) is 4.56. The molecule has 0 saturated heterocycles. The Morgan fingerprint density at radius 3 is 2.65 bits per heavy atom. The Labute approximate surface area is 97.4 Å². The summed E-state index contributed by atoms with van der Waals surface area (Å²) < 4.78 is 5.21. The van der Waals surface area contributed by atoms with Gasteiger partial charge in [0.25, 0.3) is 0 Å². The lowest BCUT2D eigenvalue weighted by atomic mass is 10.3. The monoisotopic (exact) mass is 242 g/mol. The predicted octanol–water partition coefficient (Wildman–Crippen LogP) is -0.167. The highest BCUT2D eigenvalue weighted by molar-refractivity contribution is 5.76. The largest absolute Gasteiger partial charge is 0.479 e. The summed E-state index contributed by atoms with van der Waals surface area (Å²) >= 11 is 0. The zero-order chi connectivity index (χ0) is 12.8. The van der Waals surface area contributed by atoms with E-state index >= 15 is 0 Å². The number of carboxylic acids is 1. The normalized spacial score (nSPS) is 11.9. The van der Waals surface area contributed by atoms with Crippen molar-refractivity contribution in [2.24, 2.45) is 0 Å². The van der Waals surface area contributed by atoms with Gasteiger partial charge in [0.2, 0.25) is 0 Å². The Morgan fingerprint density at radius 2 is 2.12 bits per heavy atom. The summed E-state index contributed by atoms with van der Waals surface area (Å²) in [4.78, 5) is 21.4. The number of nitrogens with one attached hydrogen (secondary N) is 2. The highest BCUT2D eigenvalue weighted by Gasteiger charge is 2.13. The first-order valence-corrected chi connectivity index (χ1v) is 4.97. The van der Waals surface area contributed by atoms with Gasteiger partial charge in [-0.05, 0) is 19.1 Å². The smallest absolute Gasteiger partial charge is 0.334 e. The van der Waals surface area contributed by atoms with E-state index < -0.39 is 18.1 Å². The molecule has 7 heteroatoms. The summed E-state index contributed by atoms with van der Waals surface area (Å²) in [5.41, 5.74) is 0. The molecule has 94 valence electrons. The van der Waals surface area contributed by atoms with Gasteiger partial charge >= 0.3 is 12.0 Å². The van der Waals surface area contributed by atoms with Crippen LogP contribution in [0.25, 0.3) is 0 Å². The lowest BCUT2D eigenvalue weighted by Crippen LogP contribution is -2.41. The minimum Gasteiger partial charge on any atom is -0.479 e. The van der Waals surface area contributed by atoms with Crippen LogP contribution in [-0.4, -0.2) is 34.9 Å². The molecular formula is C10H14N2O5. The van der Waals surface area contributed by atoms with Crippen molar-refractivity contribution in [1.82, 2.24) is 10.6 Å². The maximum atomic E-state index is 11.2. The number of amides is 2. The Kier molecular flexibility index (Phi) is 4.53. The minimum atomic E-state index is -1.60. The van der Waals surface area contributed by atoms with Crippen molar-refractivity contribution in [3.05, 3.63) is 23.7 Å². The number of urea groups is 1. The Bertz CT molecular complexity index is 401. The highest BCUT2D eigenvalue weighted by atomic mass is 16.4. The molecule has 0 radical (unpaired) electrons. The molecule has 0 aromatic carbocycles. The van der Waals surface area contributed by atoms with Crippen molar-refractivity contribution in [3.8, 4) is 0 Å². The molecule has 1 aromatic heterocycles. The van der Waals surface area contributed by atoms with E-state index in [1.165, 1.54) is 0 Å².